The molecule has 2 unspecified atom stereocenters. The van der Waals surface area contributed by atoms with Gasteiger partial charge in [-0.1, -0.05) is 6.92 Å². The number of nitrogens with two attached hydrogens (primary N) is 2. The van der Waals surface area contributed by atoms with Crippen molar-refractivity contribution < 1.29 is 0 Å². The van der Waals surface area contributed by atoms with Gasteiger partial charge in [-0.3, -0.25) is 0 Å². The monoisotopic (exact) mass is 130 g/mol. The van der Waals surface area contributed by atoms with E-state index in [2.05, 4.69) is 6.92 Å². The van der Waals surface area contributed by atoms with E-state index in [1.54, 1.807) is 0 Å². The molecular weight excluding hydrogens is 112 g/mol. The summed E-state index contributed by atoms with van der Waals surface area (Å²) in [4.78, 5) is 0. The van der Waals surface area contributed by atoms with E-state index in [-0.39, 0.29) is 0 Å². The summed E-state index contributed by atoms with van der Waals surface area (Å²) in [6, 6.07) is 0.326. The van der Waals surface area contributed by atoms with E-state index in [0.29, 0.717) is 12.0 Å². The summed E-state index contributed by atoms with van der Waals surface area (Å²) in [5, 5.41) is 0. The zero-order chi connectivity index (χ0) is 7.28. The molecular formula is C7H18N2. The van der Waals surface area contributed by atoms with E-state index in [0.717, 1.165) is 19.4 Å². The maximum Gasteiger partial charge on any atom is 0.00130 e. The lowest BCUT2D eigenvalue weighted by molar-refractivity contribution is 0.457. The Morgan fingerprint density at radius 2 is 1.89 bits per heavy atom. The number of hydrogen-bond acceptors (Lipinski definition) is 2. The van der Waals surface area contributed by atoms with Crippen LogP contribution in [-0.2, 0) is 0 Å². The summed E-state index contributed by atoms with van der Waals surface area (Å²) in [5.74, 6) is 0.690. The van der Waals surface area contributed by atoms with Gasteiger partial charge >= 0.3 is 0 Å². The highest BCUT2D eigenvalue weighted by Gasteiger charge is 2.02. The third-order valence-electron chi connectivity index (χ3n) is 1.43. The van der Waals surface area contributed by atoms with E-state index >= 15 is 0 Å². The van der Waals surface area contributed by atoms with Crippen molar-refractivity contribution in [1.29, 1.82) is 0 Å². The van der Waals surface area contributed by atoms with Crippen molar-refractivity contribution in [2.24, 2.45) is 17.4 Å². The highest BCUT2D eigenvalue weighted by molar-refractivity contribution is 4.60. The lowest BCUT2D eigenvalue weighted by Crippen LogP contribution is -2.19. The lowest BCUT2D eigenvalue weighted by Gasteiger charge is -2.11. The molecule has 0 aromatic carbocycles. The van der Waals surface area contributed by atoms with Crippen LogP contribution in [0.1, 0.15) is 26.7 Å². The predicted molar refractivity (Wildman–Crippen MR) is 41.1 cm³/mol. The first kappa shape index (κ1) is 8.92. The second-order valence-corrected chi connectivity index (χ2v) is 2.90. The van der Waals surface area contributed by atoms with Gasteiger partial charge in [-0.2, -0.15) is 0 Å². The maximum absolute atomic E-state index is 5.58. The average Bonchev–Trinajstić information content (AvgIpc) is 1.63. The normalized spacial score (nSPS) is 17.3. The van der Waals surface area contributed by atoms with Crippen molar-refractivity contribution in [1.82, 2.24) is 0 Å². The molecule has 0 heterocycles. The lowest BCUT2D eigenvalue weighted by atomic mass is 10.0. The molecule has 4 N–H and O–H groups in total. The minimum absolute atomic E-state index is 0.326. The first-order valence-corrected chi connectivity index (χ1v) is 3.62. The summed E-state index contributed by atoms with van der Waals surface area (Å²) in [7, 11) is 0. The summed E-state index contributed by atoms with van der Waals surface area (Å²) in [6.07, 6.45) is 2.19. The minimum Gasteiger partial charge on any atom is -0.330 e. The van der Waals surface area contributed by atoms with Gasteiger partial charge in [0.05, 0.1) is 0 Å². The molecule has 0 saturated carbocycles. The highest BCUT2D eigenvalue weighted by Crippen LogP contribution is 2.06. The molecule has 0 rings (SSSR count). The van der Waals surface area contributed by atoms with Crippen LogP contribution in [0.25, 0.3) is 0 Å². The topological polar surface area (TPSA) is 52.0 Å². The predicted octanol–water partition coefficient (Wildman–Crippen LogP) is 0.709. The van der Waals surface area contributed by atoms with Crippen molar-refractivity contribution >= 4 is 0 Å². The summed E-state index contributed by atoms with van der Waals surface area (Å²) >= 11 is 0. The molecule has 2 nitrogen and oxygen atoms in total. The van der Waals surface area contributed by atoms with E-state index in [1.807, 2.05) is 6.92 Å². The van der Waals surface area contributed by atoms with Crippen molar-refractivity contribution in [3.63, 3.8) is 0 Å². The Hall–Kier alpha value is -0.0800. The molecule has 0 amide bonds. The summed E-state index contributed by atoms with van der Waals surface area (Å²) in [6.45, 7) is 5.01. The van der Waals surface area contributed by atoms with E-state index < -0.39 is 0 Å². The van der Waals surface area contributed by atoms with Crippen LogP contribution in [-0.4, -0.2) is 12.6 Å². The van der Waals surface area contributed by atoms with Crippen molar-refractivity contribution in [2.75, 3.05) is 6.54 Å². The molecule has 0 bridgehead atoms. The highest BCUT2D eigenvalue weighted by atomic mass is 14.6. The Labute approximate surface area is 57.6 Å². The van der Waals surface area contributed by atoms with E-state index in [4.69, 9.17) is 11.5 Å². The van der Waals surface area contributed by atoms with Gasteiger partial charge in [-0.05, 0) is 32.2 Å². The third-order valence-corrected chi connectivity index (χ3v) is 1.43. The van der Waals surface area contributed by atoms with Crippen molar-refractivity contribution in [3.8, 4) is 0 Å². The van der Waals surface area contributed by atoms with Gasteiger partial charge in [-0.15, -0.1) is 0 Å². The molecule has 56 valence electrons. The SMILES string of the molecule is CC(N)CC(C)CCN. The maximum atomic E-state index is 5.58. The van der Waals surface area contributed by atoms with Gasteiger partial charge in [-0.25, -0.2) is 0 Å². The Balaban J connectivity index is 3.15. The Morgan fingerprint density at radius 1 is 1.33 bits per heavy atom. The van der Waals surface area contributed by atoms with Crippen LogP contribution >= 0.6 is 0 Å². The van der Waals surface area contributed by atoms with Gasteiger partial charge in [0.15, 0.2) is 0 Å². The largest absolute Gasteiger partial charge is 0.330 e. The Bertz CT molecular complexity index is 61.9. The molecule has 0 radical (unpaired) electrons. The van der Waals surface area contributed by atoms with Crippen LogP contribution in [0.4, 0.5) is 0 Å². The standard InChI is InChI=1S/C7H18N2/c1-6(3-4-8)5-7(2)9/h6-7H,3-5,8-9H2,1-2H3. The smallest absolute Gasteiger partial charge is 0.00130 e. The Kier molecular flexibility index (Phi) is 4.72. The first-order valence-electron chi connectivity index (χ1n) is 3.62. The molecule has 0 aromatic rings. The molecule has 9 heavy (non-hydrogen) atoms. The average molecular weight is 130 g/mol. The fourth-order valence-electron chi connectivity index (χ4n) is 1.04. The van der Waals surface area contributed by atoms with Gasteiger partial charge < -0.3 is 11.5 Å². The van der Waals surface area contributed by atoms with Crippen LogP contribution in [0.5, 0.6) is 0 Å². The molecule has 0 aliphatic carbocycles. The van der Waals surface area contributed by atoms with Gasteiger partial charge in [0.25, 0.3) is 0 Å². The second kappa shape index (κ2) is 4.77. The second-order valence-electron chi connectivity index (χ2n) is 2.90. The third kappa shape index (κ3) is 5.80. The Morgan fingerprint density at radius 3 is 2.22 bits per heavy atom. The number of rotatable bonds is 4. The van der Waals surface area contributed by atoms with Gasteiger partial charge in [0.2, 0.25) is 0 Å². The van der Waals surface area contributed by atoms with Crippen LogP contribution < -0.4 is 11.5 Å². The molecule has 0 aliphatic heterocycles. The van der Waals surface area contributed by atoms with Crippen LogP contribution in [0, 0.1) is 5.92 Å². The van der Waals surface area contributed by atoms with Crippen molar-refractivity contribution in [3.05, 3.63) is 0 Å². The van der Waals surface area contributed by atoms with Crippen LogP contribution in [0.2, 0.25) is 0 Å². The summed E-state index contributed by atoms with van der Waals surface area (Å²) < 4.78 is 0. The zero-order valence-corrected chi connectivity index (χ0v) is 6.43. The van der Waals surface area contributed by atoms with E-state index in [9.17, 15) is 0 Å². The van der Waals surface area contributed by atoms with Gasteiger partial charge in [0.1, 0.15) is 0 Å². The molecule has 0 saturated heterocycles. The molecule has 2 atom stereocenters. The van der Waals surface area contributed by atoms with Gasteiger partial charge in [0, 0.05) is 6.04 Å². The molecule has 0 aromatic heterocycles. The fraction of sp³-hybridized carbons (Fsp3) is 1.00. The van der Waals surface area contributed by atoms with Crippen LogP contribution in [0.3, 0.4) is 0 Å². The minimum atomic E-state index is 0.326. The van der Waals surface area contributed by atoms with Crippen LogP contribution in [0.15, 0.2) is 0 Å². The van der Waals surface area contributed by atoms with E-state index in [1.165, 1.54) is 0 Å². The molecule has 0 fully saturated rings. The fourth-order valence-corrected chi connectivity index (χ4v) is 1.04. The first-order chi connectivity index (χ1) is 4.16. The van der Waals surface area contributed by atoms with Crippen molar-refractivity contribution in [2.45, 2.75) is 32.7 Å². The molecule has 0 aliphatic rings. The zero-order valence-electron chi connectivity index (χ0n) is 6.43. The molecule has 2 heteroatoms. The number of hydrogen-bond donors (Lipinski definition) is 2. The molecule has 0 spiro atoms. The summed E-state index contributed by atoms with van der Waals surface area (Å²) in [5.41, 5.74) is 10.9. The quantitative estimate of drug-likeness (QED) is 0.589.